The lowest BCUT2D eigenvalue weighted by Gasteiger charge is -2.18. The van der Waals surface area contributed by atoms with E-state index in [1.165, 1.54) is 4.88 Å². The fourth-order valence-corrected chi connectivity index (χ4v) is 2.52. The highest BCUT2D eigenvalue weighted by Gasteiger charge is 2.19. The number of nitrogens with one attached hydrogen (secondary N) is 1. The van der Waals surface area contributed by atoms with Crippen LogP contribution >= 0.6 is 11.3 Å². The molecule has 0 bridgehead atoms. The third-order valence-electron chi connectivity index (χ3n) is 2.83. The maximum absolute atomic E-state index is 5.19. The number of rotatable bonds is 5. The number of methoxy groups -OCH3 is 1. The summed E-state index contributed by atoms with van der Waals surface area (Å²) in [6.45, 7) is 9.52. The lowest BCUT2D eigenvalue weighted by atomic mass is 9.95. The molecule has 0 fully saturated rings. The first-order chi connectivity index (χ1) is 9.88. The van der Waals surface area contributed by atoms with Gasteiger partial charge in [0.2, 0.25) is 0 Å². The number of hydrogen-bond acceptors (Lipinski definition) is 6. The molecule has 0 aliphatic rings. The summed E-state index contributed by atoms with van der Waals surface area (Å²) in [5, 5.41) is 4.38. The summed E-state index contributed by atoms with van der Waals surface area (Å²) in [5.41, 5.74) is 0.785. The van der Waals surface area contributed by atoms with Crippen molar-refractivity contribution < 1.29 is 4.74 Å². The molecule has 1 N–H and O–H groups in total. The van der Waals surface area contributed by atoms with Gasteiger partial charge in [-0.3, -0.25) is 0 Å². The molecule has 2 aromatic heterocycles. The number of aryl methyl sites for hydroxylation is 1. The summed E-state index contributed by atoms with van der Waals surface area (Å²) < 4.78 is 5.19. The number of ether oxygens (including phenoxy) is 1. The van der Waals surface area contributed by atoms with Gasteiger partial charge in [-0.05, 0) is 6.92 Å². The minimum Gasteiger partial charge on any atom is -0.378 e. The van der Waals surface area contributed by atoms with Gasteiger partial charge in [-0.25, -0.2) is 15.0 Å². The van der Waals surface area contributed by atoms with E-state index in [1.807, 2.05) is 12.3 Å². The van der Waals surface area contributed by atoms with E-state index in [0.717, 1.165) is 22.3 Å². The van der Waals surface area contributed by atoms with Gasteiger partial charge in [0.15, 0.2) is 0 Å². The number of anilines is 1. The first-order valence-electron chi connectivity index (χ1n) is 6.91. The van der Waals surface area contributed by atoms with E-state index in [-0.39, 0.29) is 5.41 Å². The summed E-state index contributed by atoms with van der Waals surface area (Å²) in [5.74, 6) is 1.63. The smallest absolute Gasteiger partial charge is 0.136 e. The quantitative estimate of drug-likeness (QED) is 0.918. The van der Waals surface area contributed by atoms with Crippen LogP contribution in [0.4, 0.5) is 5.82 Å². The van der Waals surface area contributed by atoms with Gasteiger partial charge in [0.25, 0.3) is 0 Å². The second-order valence-corrected chi connectivity index (χ2v) is 7.29. The van der Waals surface area contributed by atoms with Crippen LogP contribution in [0.15, 0.2) is 12.3 Å². The maximum atomic E-state index is 5.19. The normalized spacial score (nSPS) is 11.7. The minimum absolute atomic E-state index is 0.0993. The number of thiazole rings is 1. The summed E-state index contributed by atoms with van der Waals surface area (Å²) >= 11 is 1.69. The molecule has 0 spiro atoms. The minimum atomic E-state index is -0.0993. The molecule has 0 aliphatic heterocycles. The third-order valence-corrected chi connectivity index (χ3v) is 3.74. The Labute approximate surface area is 129 Å². The van der Waals surface area contributed by atoms with Crippen molar-refractivity contribution in [2.24, 2.45) is 0 Å². The molecule has 114 valence electrons. The molecule has 0 aliphatic carbocycles. The van der Waals surface area contributed by atoms with Crippen molar-refractivity contribution in [2.45, 2.75) is 46.3 Å². The second-order valence-electron chi connectivity index (χ2n) is 5.97. The molecule has 0 aromatic carbocycles. The van der Waals surface area contributed by atoms with Gasteiger partial charge in [0.05, 0.1) is 18.8 Å². The zero-order chi connectivity index (χ0) is 15.5. The summed E-state index contributed by atoms with van der Waals surface area (Å²) in [6.07, 6.45) is 1.89. The lowest BCUT2D eigenvalue weighted by molar-refractivity contribution is 0.181. The van der Waals surface area contributed by atoms with Crippen LogP contribution in [0.2, 0.25) is 0 Å². The SMILES string of the molecule is COCc1cc(NCc2ncc(C)s2)nc(C(C)(C)C)n1. The molecule has 0 amide bonds. The largest absolute Gasteiger partial charge is 0.378 e. The molecule has 2 aromatic rings. The fraction of sp³-hybridized carbons (Fsp3) is 0.533. The molecule has 2 heterocycles. The monoisotopic (exact) mass is 306 g/mol. The molecule has 0 saturated heterocycles. The Bertz CT molecular complexity index is 604. The van der Waals surface area contributed by atoms with Crippen molar-refractivity contribution >= 4 is 17.2 Å². The Kier molecular flexibility index (Phi) is 4.90. The van der Waals surface area contributed by atoms with Gasteiger partial charge in [-0.1, -0.05) is 20.8 Å². The van der Waals surface area contributed by atoms with Crippen molar-refractivity contribution in [1.82, 2.24) is 15.0 Å². The van der Waals surface area contributed by atoms with E-state index in [2.05, 4.69) is 48.0 Å². The average Bonchev–Trinajstić information content (AvgIpc) is 2.81. The van der Waals surface area contributed by atoms with Gasteiger partial charge in [0, 0.05) is 29.7 Å². The van der Waals surface area contributed by atoms with Crippen LogP contribution in [-0.4, -0.2) is 22.1 Å². The Morgan fingerprint density at radius 3 is 2.62 bits per heavy atom. The molecule has 6 heteroatoms. The van der Waals surface area contributed by atoms with Gasteiger partial charge in [-0.15, -0.1) is 11.3 Å². The average molecular weight is 306 g/mol. The number of aromatic nitrogens is 3. The zero-order valence-electron chi connectivity index (χ0n) is 13.2. The highest BCUT2D eigenvalue weighted by atomic mass is 32.1. The number of nitrogens with zero attached hydrogens (tertiary/aromatic N) is 3. The van der Waals surface area contributed by atoms with Crippen molar-refractivity contribution in [1.29, 1.82) is 0 Å². The highest BCUT2D eigenvalue weighted by Crippen LogP contribution is 2.21. The topological polar surface area (TPSA) is 59.9 Å². The molecule has 2 rings (SSSR count). The molecule has 0 radical (unpaired) electrons. The van der Waals surface area contributed by atoms with Crippen LogP contribution < -0.4 is 5.32 Å². The van der Waals surface area contributed by atoms with Crippen molar-refractivity contribution in [3.05, 3.63) is 33.7 Å². The molecule has 0 unspecified atom stereocenters. The molecular formula is C15H22N4OS. The van der Waals surface area contributed by atoms with E-state index in [4.69, 9.17) is 4.74 Å². The lowest BCUT2D eigenvalue weighted by Crippen LogP contribution is -2.18. The van der Waals surface area contributed by atoms with Crippen LogP contribution in [0.5, 0.6) is 0 Å². The number of hydrogen-bond donors (Lipinski definition) is 1. The predicted molar refractivity (Wildman–Crippen MR) is 85.6 cm³/mol. The molecular weight excluding hydrogens is 284 g/mol. The molecule has 21 heavy (non-hydrogen) atoms. The molecule has 0 atom stereocenters. The molecule has 5 nitrogen and oxygen atoms in total. The first kappa shape index (κ1) is 15.9. The van der Waals surface area contributed by atoms with E-state index >= 15 is 0 Å². The van der Waals surface area contributed by atoms with Crippen LogP contribution in [-0.2, 0) is 23.3 Å². The van der Waals surface area contributed by atoms with E-state index in [9.17, 15) is 0 Å². The van der Waals surface area contributed by atoms with Crippen molar-refractivity contribution in [3.63, 3.8) is 0 Å². The van der Waals surface area contributed by atoms with Crippen LogP contribution in [0.25, 0.3) is 0 Å². The Morgan fingerprint density at radius 2 is 2.05 bits per heavy atom. The van der Waals surface area contributed by atoms with Crippen molar-refractivity contribution in [3.8, 4) is 0 Å². The van der Waals surface area contributed by atoms with Crippen LogP contribution in [0.1, 0.15) is 42.2 Å². The Balaban J connectivity index is 2.19. The first-order valence-corrected chi connectivity index (χ1v) is 7.72. The van der Waals surface area contributed by atoms with Crippen molar-refractivity contribution in [2.75, 3.05) is 12.4 Å². The van der Waals surface area contributed by atoms with E-state index in [1.54, 1.807) is 18.4 Å². The summed E-state index contributed by atoms with van der Waals surface area (Å²) in [6, 6.07) is 1.93. The maximum Gasteiger partial charge on any atom is 0.136 e. The Hall–Kier alpha value is -1.53. The van der Waals surface area contributed by atoms with Gasteiger partial charge < -0.3 is 10.1 Å². The molecule has 0 saturated carbocycles. The predicted octanol–water partition coefficient (Wildman–Crippen LogP) is 3.30. The van der Waals surface area contributed by atoms with Gasteiger partial charge >= 0.3 is 0 Å². The zero-order valence-corrected chi connectivity index (χ0v) is 14.0. The Morgan fingerprint density at radius 1 is 1.29 bits per heavy atom. The van der Waals surface area contributed by atoms with Gasteiger partial charge in [0.1, 0.15) is 16.6 Å². The van der Waals surface area contributed by atoms with Gasteiger partial charge in [-0.2, -0.15) is 0 Å². The van der Waals surface area contributed by atoms with E-state index < -0.39 is 0 Å². The third kappa shape index (κ3) is 4.47. The standard InChI is InChI=1S/C15H22N4OS/c1-10-7-17-13(21-10)8-16-12-6-11(9-20-5)18-14(19-12)15(2,3)4/h6-7H,8-9H2,1-5H3,(H,16,18,19). The van der Waals surface area contributed by atoms with Crippen LogP contribution in [0, 0.1) is 6.92 Å². The second kappa shape index (κ2) is 6.49. The fourth-order valence-electron chi connectivity index (χ4n) is 1.79. The van der Waals surface area contributed by atoms with E-state index in [0.29, 0.717) is 13.2 Å². The summed E-state index contributed by atoms with van der Waals surface area (Å²) in [4.78, 5) is 14.7. The summed E-state index contributed by atoms with van der Waals surface area (Å²) in [7, 11) is 1.67. The highest BCUT2D eigenvalue weighted by molar-refractivity contribution is 7.11. The van der Waals surface area contributed by atoms with Crippen LogP contribution in [0.3, 0.4) is 0 Å².